The highest BCUT2D eigenvalue weighted by Gasteiger charge is 2.46. The molecule has 1 N–H and O–H groups in total. The van der Waals surface area contributed by atoms with Crippen molar-refractivity contribution in [2.24, 2.45) is 0 Å². The Morgan fingerprint density at radius 2 is 1.77 bits per heavy atom. The first-order valence-corrected chi connectivity index (χ1v) is 13.7. The summed E-state index contributed by atoms with van der Waals surface area (Å²) < 4.78 is 120. The van der Waals surface area contributed by atoms with Crippen molar-refractivity contribution in [1.82, 2.24) is 20.3 Å². The molecule has 1 aliphatic heterocycles. The number of anilines is 1. The number of nitrogens with zero attached hydrogens (tertiary/aromatic N) is 4. The van der Waals surface area contributed by atoms with Gasteiger partial charge in [-0.2, -0.15) is 26.3 Å². The van der Waals surface area contributed by atoms with E-state index in [1.165, 1.54) is 24.4 Å². The van der Waals surface area contributed by atoms with Crippen molar-refractivity contribution in [3.8, 4) is 11.4 Å². The Labute approximate surface area is 260 Å². The van der Waals surface area contributed by atoms with Crippen LogP contribution in [0.15, 0.2) is 54.9 Å². The van der Waals surface area contributed by atoms with Crippen LogP contribution in [0.1, 0.15) is 21.6 Å². The summed E-state index contributed by atoms with van der Waals surface area (Å²) in [7, 11) is 1.00. The van der Waals surface area contributed by atoms with Gasteiger partial charge in [0.05, 0.1) is 25.8 Å². The van der Waals surface area contributed by atoms with Crippen molar-refractivity contribution in [2.45, 2.75) is 30.9 Å². The van der Waals surface area contributed by atoms with Gasteiger partial charge in [0.15, 0.2) is 5.82 Å². The van der Waals surface area contributed by atoms with Gasteiger partial charge in [-0.15, -0.1) is 0 Å². The smallest absolute Gasteiger partial charge is 0.433 e. The molecule has 0 spiro atoms. The minimum Gasteiger partial charge on any atom is -0.467 e. The van der Waals surface area contributed by atoms with Gasteiger partial charge >= 0.3 is 18.3 Å². The topological polar surface area (TPSA) is 107 Å². The lowest BCUT2D eigenvalue weighted by Crippen LogP contribution is -2.53. The molecule has 3 heterocycles. The highest BCUT2D eigenvalue weighted by molar-refractivity contribution is 5.98. The predicted molar refractivity (Wildman–Crippen MR) is 149 cm³/mol. The molecule has 248 valence electrons. The summed E-state index contributed by atoms with van der Waals surface area (Å²) in [5.41, 5.74) is -2.17. The second-order valence-electron chi connectivity index (χ2n) is 10.3. The molecule has 4 aromatic rings. The number of amides is 1. The molecule has 2 aromatic carbocycles. The highest BCUT2D eigenvalue weighted by atomic mass is 19.4. The number of aromatic nitrogens is 3. The molecule has 1 saturated heterocycles. The fraction of sp³-hybridized carbons (Fsp3) is 0.300. The Morgan fingerprint density at radius 1 is 1.04 bits per heavy atom. The number of hydrogen-bond donors (Lipinski definition) is 1. The fourth-order valence-electron chi connectivity index (χ4n) is 5.15. The molecular weight excluding hydrogens is 646 g/mol. The molecular formula is C30H23F8N5O4. The summed E-state index contributed by atoms with van der Waals surface area (Å²) >= 11 is 0. The number of carbonyl (C=O) groups excluding carboxylic acids is 2. The lowest BCUT2D eigenvalue weighted by Gasteiger charge is -2.38. The Kier molecular flexibility index (Phi) is 9.29. The SMILES string of the molecule is COC(=O)[C@H](Cc1ccc(-c2nccc(C(F)(F)F)n2)c2ncccc12)NC(=O)c1c(F)cc(N2CCOC[C@@H]2C(F)(F)F)cc1F. The summed E-state index contributed by atoms with van der Waals surface area (Å²) in [6.45, 7) is -1.20. The molecule has 1 fully saturated rings. The van der Waals surface area contributed by atoms with E-state index in [0.717, 1.165) is 18.2 Å². The third kappa shape index (κ3) is 7.08. The van der Waals surface area contributed by atoms with E-state index >= 15 is 8.78 Å². The van der Waals surface area contributed by atoms with E-state index in [4.69, 9.17) is 9.47 Å². The third-order valence-electron chi connectivity index (χ3n) is 7.35. The lowest BCUT2D eigenvalue weighted by molar-refractivity contribution is -0.167. The molecule has 0 unspecified atom stereocenters. The number of carbonyl (C=O) groups is 2. The summed E-state index contributed by atoms with van der Waals surface area (Å²) in [5.74, 6) is -5.64. The summed E-state index contributed by atoms with van der Waals surface area (Å²) in [5, 5.41) is 2.54. The highest BCUT2D eigenvalue weighted by Crippen LogP contribution is 2.34. The van der Waals surface area contributed by atoms with Crippen molar-refractivity contribution in [1.29, 1.82) is 0 Å². The number of ether oxygens (including phenoxy) is 2. The van der Waals surface area contributed by atoms with Gasteiger partial charge in [-0.3, -0.25) is 9.78 Å². The van der Waals surface area contributed by atoms with E-state index in [0.29, 0.717) is 29.1 Å². The Morgan fingerprint density at radius 3 is 2.43 bits per heavy atom. The van der Waals surface area contributed by atoms with Gasteiger partial charge in [0.2, 0.25) is 0 Å². The number of hydrogen-bond acceptors (Lipinski definition) is 8. The first-order valence-electron chi connectivity index (χ1n) is 13.7. The lowest BCUT2D eigenvalue weighted by atomic mass is 9.97. The number of fused-ring (bicyclic) bond motifs is 1. The minimum atomic E-state index is -4.77. The zero-order valence-electron chi connectivity index (χ0n) is 24.1. The molecule has 0 saturated carbocycles. The second kappa shape index (κ2) is 13.1. The van der Waals surface area contributed by atoms with Gasteiger partial charge < -0.3 is 19.7 Å². The van der Waals surface area contributed by atoms with Crippen LogP contribution in [0.5, 0.6) is 0 Å². The zero-order chi connectivity index (χ0) is 34.1. The molecule has 1 aliphatic rings. The summed E-state index contributed by atoms with van der Waals surface area (Å²) in [6.07, 6.45) is -7.52. The molecule has 0 radical (unpaired) electrons. The van der Waals surface area contributed by atoms with E-state index in [1.807, 2.05) is 0 Å². The van der Waals surface area contributed by atoms with Crippen LogP contribution in [0.3, 0.4) is 0 Å². The van der Waals surface area contributed by atoms with Crippen LogP contribution in [0.25, 0.3) is 22.3 Å². The molecule has 17 heteroatoms. The summed E-state index contributed by atoms with van der Waals surface area (Å²) in [6, 6.07) is 4.02. The van der Waals surface area contributed by atoms with E-state index in [1.54, 1.807) is 6.07 Å². The second-order valence-corrected chi connectivity index (χ2v) is 10.3. The molecule has 2 atom stereocenters. The van der Waals surface area contributed by atoms with Crippen molar-refractivity contribution in [2.75, 3.05) is 31.8 Å². The number of methoxy groups -OCH3 is 1. The van der Waals surface area contributed by atoms with Crippen molar-refractivity contribution in [3.05, 3.63) is 83.3 Å². The maximum atomic E-state index is 15.2. The minimum absolute atomic E-state index is 0.128. The van der Waals surface area contributed by atoms with Crippen LogP contribution in [0.4, 0.5) is 40.8 Å². The van der Waals surface area contributed by atoms with Gasteiger partial charge in [-0.05, 0) is 35.9 Å². The average molecular weight is 670 g/mol. The number of esters is 1. The van der Waals surface area contributed by atoms with Crippen molar-refractivity contribution < 1.29 is 54.2 Å². The molecule has 0 aliphatic carbocycles. The molecule has 5 rings (SSSR count). The Hall–Kier alpha value is -4.93. The van der Waals surface area contributed by atoms with E-state index in [2.05, 4.69) is 20.3 Å². The van der Waals surface area contributed by atoms with Crippen molar-refractivity contribution in [3.63, 3.8) is 0 Å². The Bertz CT molecular complexity index is 1790. The van der Waals surface area contributed by atoms with Crippen LogP contribution in [0.2, 0.25) is 0 Å². The number of alkyl halides is 6. The largest absolute Gasteiger partial charge is 0.467 e. The first-order chi connectivity index (χ1) is 22.2. The van der Waals surface area contributed by atoms with E-state index < -0.39 is 71.5 Å². The number of pyridine rings is 1. The summed E-state index contributed by atoms with van der Waals surface area (Å²) in [4.78, 5) is 38.3. The van der Waals surface area contributed by atoms with Gasteiger partial charge in [0, 0.05) is 42.0 Å². The quantitative estimate of drug-likeness (QED) is 0.210. The average Bonchev–Trinajstić information content (AvgIpc) is 3.03. The number of halogens is 8. The molecule has 2 aromatic heterocycles. The third-order valence-corrected chi connectivity index (χ3v) is 7.35. The number of rotatable bonds is 7. The van der Waals surface area contributed by atoms with Gasteiger partial charge in [0.25, 0.3) is 5.91 Å². The number of benzene rings is 2. The molecule has 9 nitrogen and oxygen atoms in total. The van der Waals surface area contributed by atoms with Crippen LogP contribution in [0, 0.1) is 11.6 Å². The van der Waals surface area contributed by atoms with E-state index in [9.17, 15) is 35.9 Å². The maximum Gasteiger partial charge on any atom is 0.433 e. The molecule has 47 heavy (non-hydrogen) atoms. The normalized spacial score (nSPS) is 16.2. The van der Waals surface area contributed by atoms with Crippen LogP contribution >= 0.6 is 0 Å². The zero-order valence-corrected chi connectivity index (χ0v) is 24.1. The molecule has 1 amide bonds. The monoisotopic (exact) mass is 669 g/mol. The van der Waals surface area contributed by atoms with Crippen LogP contribution in [-0.4, -0.2) is 72.0 Å². The first kappa shape index (κ1) is 33.4. The van der Waals surface area contributed by atoms with Crippen LogP contribution in [-0.2, 0) is 26.9 Å². The standard InChI is InChI=1S/C30H23F8N5O4/c1-46-28(45)21(41-27(44)24-19(31)12-16(13-20(24)32)43-9-10-47-14-23(43)30(36,37)38)11-15-4-5-18(25-17(15)3-2-7-39-25)26-40-8-6-22(42-26)29(33,34)35/h2-8,12-13,21,23H,9-11,14H2,1H3,(H,41,44)/t21-,23+/m0/s1. The Balaban J connectivity index is 1.44. The van der Waals surface area contributed by atoms with Gasteiger partial charge in [-0.1, -0.05) is 12.1 Å². The van der Waals surface area contributed by atoms with E-state index in [-0.39, 0.29) is 36.5 Å². The number of morpholine rings is 1. The van der Waals surface area contributed by atoms with Crippen molar-refractivity contribution >= 4 is 28.5 Å². The van der Waals surface area contributed by atoms with Gasteiger partial charge in [0.1, 0.15) is 35.0 Å². The maximum absolute atomic E-state index is 15.2. The fourth-order valence-corrected chi connectivity index (χ4v) is 5.15. The van der Waals surface area contributed by atoms with Crippen LogP contribution < -0.4 is 10.2 Å². The van der Waals surface area contributed by atoms with Gasteiger partial charge in [-0.25, -0.2) is 23.5 Å². The predicted octanol–water partition coefficient (Wildman–Crippen LogP) is 5.27. The molecule has 0 bridgehead atoms. The number of nitrogens with one attached hydrogen (secondary N) is 1.